The molecule has 1 aromatic rings. The standard InChI is InChI=1S/C10H12F2O2/c1-14-6-5-9(13)7-3-2-4-8(11)10(7)12/h2-4,9,13H,5-6H2,1H3. The van der Waals surface area contributed by atoms with Gasteiger partial charge in [-0.2, -0.15) is 0 Å². The van der Waals surface area contributed by atoms with Crippen LogP contribution in [0.5, 0.6) is 0 Å². The minimum atomic E-state index is -1.02. The van der Waals surface area contributed by atoms with Gasteiger partial charge >= 0.3 is 0 Å². The number of ether oxygens (including phenoxy) is 1. The topological polar surface area (TPSA) is 29.5 Å². The molecule has 0 aliphatic heterocycles. The molecule has 14 heavy (non-hydrogen) atoms. The maximum atomic E-state index is 13.1. The third-order valence-corrected chi connectivity index (χ3v) is 1.94. The van der Waals surface area contributed by atoms with Crippen molar-refractivity contribution in [3.63, 3.8) is 0 Å². The van der Waals surface area contributed by atoms with Gasteiger partial charge in [0.05, 0.1) is 6.10 Å². The van der Waals surface area contributed by atoms with Crippen molar-refractivity contribution in [2.45, 2.75) is 12.5 Å². The Bertz CT molecular complexity index is 302. The Kier molecular flexibility index (Phi) is 3.98. The summed E-state index contributed by atoms with van der Waals surface area (Å²) < 4.78 is 30.6. The Morgan fingerprint density at radius 2 is 2.14 bits per heavy atom. The van der Waals surface area contributed by atoms with Crippen LogP contribution in [-0.4, -0.2) is 18.8 Å². The van der Waals surface area contributed by atoms with Crippen LogP contribution in [0.15, 0.2) is 18.2 Å². The third kappa shape index (κ3) is 2.49. The summed E-state index contributed by atoms with van der Waals surface area (Å²) >= 11 is 0. The summed E-state index contributed by atoms with van der Waals surface area (Å²) in [6.45, 7) is 0.303. The van der Waals surface area contributed by atoms with Crippen LogP contribution in [0.4, 0.5) is 8.78 Å². The molecule has 0 amide bonds. The quantitative estimate of drug-likeness (QED) is 0.809. The second kappa shape index (κ2) is 5.02. The molecule has 0 aromatic heterocycles. The molecule has 1 unspecified atom stereocenters. The SMILES string of the molecule is COCCC(O)c1cccc(F)c1F. The van der Waals surface area contributed by atoms with E-state index in [9.17, 15) is 13.9 Å². The van der Waals surface area contributed by atoms with E-state index in [1.807, 2.05) is 0 Å². The van der Waals surface area contributed by atoms with Gasteiger partial charge in [0.15, 0.2) is 11.6 Å². The van der Waals surface area contributed by atoms with E-state index in [0.29, 0.717) is 6.61 Å². The van der Waals surface area contributed by atoms with Gasteiger partial charge in [-0.05, 0) is 6.07 Å². The summed E-state index contributed by atoms with van der Waals surface area (Å²) in [6, 6.07) is 3.74. The first-order chi connectivity index (χ1) is 6.66. The first-order valence-corrected chi connectivity index (χ1v) is 4.27. The average Bonchev–Trinajstić information content (AvgIpc) is 2.18. The third-order valence-electron chi connectivity index (χ3n) is 1.94. The predicted molar refractivity (Wildman–Crippen MR) is 47.8 cm³/mol. The van der Waals surface area contributed by atoms with E-state index in [1.54, 1.807) is 0 Å². The summed E-state index contributed by atoms with van der Waals surface area (Å²) in [6.07, 6.45) is -0.776. The van der Waals surface area contributed by atoms with Crippen LogP contribution >= 0.6 is 0 Å². The normalized spacial score (nSPS) is 12.9. The van der Waals surface area contributed by atoms with Crippen LogP contribution in [0.2, 0.25) is 0 Å². The molecule has 1 aromatic carbocycles. The molecule has 4 heteroatoms. The summed E-state index contributed by atoms with van der Waals surface area (Å²) in [7, 11) is 1.48. The highest BCUT2D eigenvalue weighted by Crippen LogP contribution is 2.21. The smallest absolute Gasteiger partial charge is 0.164 e. The van der Waals surface area contributed by atoms with E-state index in [1.165, 1.54) is 19.2 Å². The number of halogens is 2. The predicted octanol–water partition coefficient (Wildman–Crippen LogP) is 2.03. The Morgan fingerprint density at radius 3 is 2.79 bits per heavy atom. The number of methoxy groups -OCH3 is 1. The minimum absolute atomic E-state index is 0.0259. The molecular weight excluding hydrogens is 190 g/mol. The molecule has 0 spiro atoms. The zero-order chi connectivity index (χ0) is 10.6. The van der Waals surface area contributed by atoms with Gasteiger partial charge in [-0.1, -0.05) is 12.1 Å². The highest BCUT2D eigenvalue weighted by molar-refractivity contribution is 5.21. The second-order valence-corrected chi connectivity index (χ2v) is 2.94. The molecule has 0 saturated heterocycles. The fourth-order valence-electron chi connectivity index (χ4n) is 1.16. The lowest BCUT2D eigenvalue weighted by molar-refractivity contribution is 0.107. The van der Waals surface area contributed by atoms with Gasteiger partial charge in [-0.15, -0.1) is 0 Å². The second-order valence-electron chi connectivity index (χ2n) is 2.94. The molecule has 0 heterocycles. The van der Waals surface area contributed by atoms with E-state index in [4.69, 9.17) is 4.74 Å². The molecule has 0 saturated carbocycles. The molecular formula is C10H12F2O2. The average molecular weight is 202 g/mol. The number of rotatable bonds is 4. The van der Waals surface area contributed by atoms with Crippen LogP contribution in [0.1, 0.15) is 18.1 Å². The van der Waals surface area contributed by atoms with Crippen molar-refractivity contribution in [2.24, 2.45) is 0 Å². The van der Waals surface area contributed by atoms with E-state index in [-0.39, 0.29) is 12.0 Å². The molecule has 0 bridgehead atoms. The van der Waals surface area contributed by atoms with Crippen molar-refractivity contribution in [3.05, 3.63) is 35.4 Å². The Labute approximate surface area is 81.1 Å². The van der Waals surface area contributed by atoms with Crippen molar-refractivity contribution < 1.29 is 18.6 Å². The monoisotopic (exact) mass is 202 g/mol. The zero-order valence-corrected chi connectivity index (χ0v) is 7.84. The van der Waals surface area contributed by atoms with Gasteiger partial charge in [-0.25, -0.2) is 8.78 Å². The van der Waals surface area contributed by atoms with Gasteiger partial charge < -0.3 is 9.84 Å². The summed E-state index contributed by atoms with van der Waals surface area (Å²) in [5.74, 6) is -1.94. The number of hydrogen-bond acceptors (Lipinski definition) is 2. The van der Waals surface area contributed by atoms with E-state index in [0.717, 1.165) is 6.07 Å². The Balaban J connectivity index is 2.79. The molecule has 1 atom stereocenters. The van der Waals surface area contributed by atoms with Crippen molar-refractivity contribution >= 4 is 0 Å². The van der Waals surface area contributed by atoms with Gasteiger partial charge in [0.1, 0.15) is 0 Å². The largest absolute Gasteiger partial charge is 0.388 e. The van der Waals surface area contributed by atoms with Crippen molar-refractivity contribution in [2.75, 3.05) is 13.7 Å². The highest BCUT2D eigenvalue weighted by atomic mass is 19.2. The number of aliphatic hydroxyl groups is 1. The maximum Gasteiger partial charge on any atom is 0.164 e. The lowest BCUT2D eigenvalue weighted by Crippen LogP contribution is -2.05. The molecule has 1 rings (SSSR count). The van der Waals surface area contributed by atoms with E-state index >= 15 is 0 Å². The number of aliphatic hydroxyl groups excluding tert-OH is 1. The molecule has 78 valence electrons. The van der Waals surface area contributed by atoms with Crippen molar-refractivity contribution in [1.29, 1.82) is 0 Å². The lowest BCUT2D eigenvalue weighted by Gasteiger charge is -2.11. The van der Waals surface area contributed by atoms with E-state index in [2.05, 4.69) is 0 Å². The summed E-state index contributed by atoms with van der Waals surface area (Å²) in [5, 5.41) is 9.47. The van der Waals surface area contributed by atoms with Crippen LogP contribution < -0.4 is 0 Å². The Morgan fingerprint density at radius 1 is 1.43 bits per heavy atom. The van der Waals surface area contributed by atoms with Gasteiger partial charge in [0.25, 0.3) is 0 Å². The van der Waals surface area contributed by atoms with Crippen LogP contribution in [0.25, 0.3) is 0 Å². The fraction of sp³-hybridized carbons (Fsp3) is 0.400. The van der Waals surface area contributed by atoms with Gasteiger partial charge in [0, 0.05) is 25.7 Å². The van der Waals surface area contributed by atoms with Gasteiger partial charge in [-0.3, -0.25) is 0 Å². The fourth-order valence-corrected chi connectivity index (χ4v) is 1.16. The number of benzene rings is 1. The number of hydrogen-bond donors (Lipinski definition) is 1. The maximum absolute atomic E-state index is 13.1. The minimum Gasteiger partial charge on any atom is -0.388 e. The summed E-state index contributed by atoms with van der Waals surface area (Å²) in [5.41, 5.74) is -0.0259. The van der Waals surface area contributed by atoms with Gasteiger partial charge in [0.2, 0.25) is 0 Å². The molecule has 0 radical (unpaired) electrons. The molecule has 0 aliphatic rings. The van der Waals surface area contributed by atoms with Crippen molar-refractivity contribution in [3.8, 4) is 0 Å². The van der Waals surface area contributed by atoms with Crippen LogP contribution in [-0.2, 0) is 4.74 Å². The highest BCUT2D eigenvalue weighted by Gasteiger charge is 2.15. The van der Waals surface area contributed by atoms with Crippen LogP contribution in [0.3, 0.4) is 0 Å². The first-order valence-electron chi connectivity index (χ1n) is 4.27. The van der Waals surface area contributed by atoms with Crippen LogP contribution in [0, 0.1) is 11.6 Å². The summed E-state index contributed by atoms with van der Waals surface area (Å²) in [4.78, 5) is 0. The van der Waals surface area contributed by atoms with Crippen molar-refractivity contribution in [1.82, 2.24) is 0 Å². The zero-order valence-electron chi connectivity index (χ0n) is 7.84. The van der Waals surface area contributed by atoms with E-state index < -0.39 is 17.7 Å². The molecule has 1 N–H and O–H groups in total. The lowest BCUT2D eigenvalue weighted by atomic mass is 10.1. The first kappa shape index (κ1) is 11.1. The Hall–Kier alpha value is -1.00. The molecule has 0 aliphatic carbocycles. The molecule has 0 fully saturated rings. The molecule has 2 nitrogen and oxygen atoms in total.